The summed E-state index contributed by atoms with van der Waals surface area (Å²) in [6.45, 7) is 4.39. The van der Waals surface area contributed by atoms with E-state index in [4.69, 9.17) is 9.47 Å². The third kappa shape index (κ3) is 1.94. The first-order chi connectivity index (χ1) is 11.1. The second-order valence-electron chi connectivity index (χ2n) is 7.24. The number of hydrogen-bond donors (Lipinski definition) is 1. The lowest BCUT2D eigenvalue weighted by molar-refractivity contribution is 0.0527. The molecular formula is C19H25NO3. The average Bonchev–Trinajstić information content (AvgIpc) is 2.89. The highest BCUT2D eigenvalue weighted by Crippen LogP contribution is 2.59. The number of likely N-dealkylation sites (N-methyl/N-ethyl adjacent to an activating group) is 1. The number of methoxy groups -OCH3 is 1. The van der Waals surface area contributed by atoms with Crippen LogP contribution in [0.4, 0.5) is 0 Å². The first-order valence-corrected chi connectivity index (χ1v) is 8.52. The van der Waals surface area contributed by atoms with Crippen LogP contribution < -0.4 is 4.74 Å². The standard InChI is InChI=1S/C19H25NO3/c1-12-4-7-15(22-3)18-19(12)9-11-20(2)10-8-13-5-6-14(21)17(23-18)16(13)19/h5-7,12,18,21H,4,8-11H2,1-3H3/t12?,18-,19-/m0/s1. The zero-order valence-electron chi connectivity index (χ0n) is 14.1. The Morgan fingerprint density at radius 2 is 2.17 bits per heavy atom. The molecule has 0 saturated heterocycles. The van der Waals surface area contributed by atoms with Crippen molar-refractivity contribution in [3.05, 3.63) is 35.1 Å². The van der Waals surface area contributed by atoms with Crippen molar-refractivity contribution in [3.63, 3.8) is 0 Å². The molecule has 2 aliphatic heterocycles. The first-order valence-electron chi connectivity index (χ1n) is 8.52. The van der Waals surface area contributed by atoms with E-state index in [9.17, 15) is 5.11 Å². The minimum Gasteiger partial charge on any atom is -0.504 e. The van der Waals surface area contributed by atoms with Gasteiger partial charge in [0.2, 0.25) is 0 Å². The van der Waals surface area contributed by atoms with E-state index in [1.165, 1.54) is 11.1 Å². The molecule has 0 saturated carbocycles. The number of benzene rings is 1. The Labute approximate surface area is 137 Å². The number of ether oxygens (including phenoxy) is 2. The molecule has 1 aliphatic carbocycles. The van der Waals surface area contributed by atoms with Crippen molar-refractivity contribution in [2.24, 2.45) is 5.92 Å². The van der Waals surface area contributed by atoms with Crippen LogP contribution in [-0.4, -0.2) is 43.4 Å². The summed E-state index contributed by atoms with van der Waals surface area (Å²) in [5.74, 6) is 2.32. The molecule has 0 radical (unpaired) electrons. The van der Waals surface area contributed by atoms with E-state index in [-0.39, 0.29) is 17.3 Å². The van der Waals surface area contributed by atoms with Gasteiger partial charge in [-0.05, 0) is 56.5 Å². The quantitative estimate of drug-likeness (QED) is 0.865. The normalized spacial score (nSPS) is 32.9. The summed E-state index contributed by atoms with van der Waals surface area (Å²) >= 11 is 0. The monoisotopic (exact) mass is 315 g/mol. The van der Waals surface area contributed by atoms with Crippen molar-refractivity contribution < 1.29 is 14.6 Å². The van der Waals surface area contributed by atoms with Gasteiger partial charge in [0.15, 0.2) is 17.6 Å². The maximum absolute atomic E-state index is 10.4. The zero-order valence-corrected chi connectivity index (χ0v) is 14.1. The molecule has 0 fully saturated rings. The molecule has 124 valence electrons. The van der Waals surface area contributed by atoms with Gasteiger partial charge >= 0.3 is 0 Å². The molecule has 2 heterocycles. The van der Waals surface area contributed by atoms with Crippen molar-refractivity contribution in [2.75, 3.05) is 27.2 Å². The molecule has 4 nitrogen and oxygen atoms in total. The van der Waals surface area contributed by atoms with Crippen LogP contribution in [0.15, 0.2) is 24.0 Å². The number of phenolic OH excluding ortho intramolecular Hbond substituents is 1. The Morgan fingerprint density at radius 3 is 2.96 bits per heavy atom. The zero-order chi connectivity index (χ0) is 16.2. The number of hydrogen-bond acceptors (Lipinski definition) is 4. The highest BCUT2D eigenvalue weighted by Gasteiger charge is 2.57. The maximum Gasteiger partial charge on any atom is 0.166 e. The fourth-order valence-corrected chi connectivity index (χ4v) is 4.72. The molecule has 4 rings (SSSR count). The molecule has 1 spiro atoms. The van der Waals surface area contributed by atoms with Gasteiger partial charge < -0.3 is 19.5 Å². The van der Waals surface area contributed by atoms with Crippen LogP contribution >= 0.6 is 0 Å². The minimum atomic E-state index is -0.121. The van der Waals surface area contributed by atoms with Crippen LogP contribution in [0, 0.1) is 5.92 Å². The van der Waals surface area contributed by atoms with Crippen LogP contribution in [0.3, 0.4) is 0 Å². The van der Waals surface area contributed by atoms with Crippen molar-refractivity contribution in [1.29, 1.82) is 0 Å². The Kier molecular flexibility index (Phi) is 3.34. The lowest BCUT2D eigenvalue weighted by atomic mass is 9.60. The third-order valence-electron chi connectivity index (χ3n) is 6.11. The summed E-state index contributed by atoms with van der Waals surface area (Å²) in [6.07, 6.45) is 5.05. The summed E-state index contributed by atoms with van der Waals surface area (Å²) in [5.41, 5.74) is 2.46. The highest BCUT2D eigenvalue weighted by molar-refractivity contribution is 5.60. The van der Waals surface area contributed by atoms with Gasteiger partial charge in [-0.1, -0.05) is 13.0 Å². The number of nitrogens with zero attached hydrogens (tertiary/aromatic N) is 1. The second-order valence-corrected chi connectivity index (χ2v) is 7.24. The van der Waals surface area contributed by atoms with Gasteiger partial charge in [-0.25, -0.2) is 0 Å². The molecular weight excluding hydrogens is 290 g/mol. The Bertz CT molecular complexity index is 669. The van der Waals surface area contributed by atoms with Gasteiger partial charge in [-0.3, -0.25) is 0 Å². The summed E-state index contributed by atoms with van der Waals surface area (Å²) in [6, 6.07) is 3.86. The second kappa shape index (κ2) is 5.17. The molecule has 0 aromatic heterocycles. The van der Waals surface area contributed by atoms with E-state index in [0.29, 0.717) is 11.7 Å². The molecule has 3 aliphatic rings. The van der Waals surface area contributed by atoms with Crippen LogP contribution in [0.5, 0.6) is 11.5 Å². The fourth-order valence-electron chi connectivity index (χ4n) is 4.72. The Morgan fingerprint density at radius 1 is 1.35 bits per heavy atom. The molecule has 0 bridgehead atoms. The Hall–Kier alpha value is -1.68. The molecule has 4 heteroatoms. The summed E-state index contributed by atoms with van der Waals surface area (Å²) in [7, 11) is 3.91. The summed E-state index contributed by atoms with van der Waals surface area (Å²) in [4.78, 5) is 2.40. The van der Waals surface area contributed by atoms with Crippen LogP contribution in [0.25, 0.3) is 0 Å². The van der Waals surface area contributed by atoms with Gasteiger partial charge in [-0.2, -0.15) is 0 Å². The lowest BCUT2D eigenvalue weighted by Gasteiger charge is -2.45. The van der Waals surface area contributed by atoms with Crippen molar-refractivity contribution in [1.82, 2.24) is 4.90 Å². The molecule has 1 N–H and O–H groups in total. The van der Waals surface area contributed by atoms with Crippen molar-refractivity contribution in [2.45, 2.75) is 37.7 Å². The van der Waals surface area contributed by atoms with E-state index < -0.39 is 0 Å². The smallest absolute Gasteiger partial charge is 0.166 e. The van der Waals surface area contributed by atoms with Crippen molar-refractivity contribution >= 4 is 0 Å². The number of allylic oxidation sites excluding steroid dienone is 1. The predicted octanol–water partition coefficient (Wildman–Crippen LogP) is 2.84. The van der Waals surface area contributed by atoms with Crippen LogP contribution in [0.2, 0.25) is 0 Å². The third-order valence-corrected chi connectivity index (χ3v) is 6.11. The SMILES string of the molecule is COC1=CCC(C)[C@@]23CCN(C)CCc4ccc(O)c(c42)O[C@@H]13. The molecule has 1 aromatic carbocycles. The van der Waals surface area contributed by atoms with Gasteiger partial charge in [0.1, 0.15) is 5.76 Å². The predicted molar refractivity (Wildman–Crippen MR) is 88.9 cm³/mol. The number of rotatable bonds is 1. The van der Waals surface area contributed by atoms with E-state index in [2.05, 4.69) is 31.0 Å². The van der Waals surface area contributed by atoms with Crippen LogP contribution in [-0.2, 0) is 16.6 Å². The molecule has 1 unspecified atom stereocenters. The van der Waals surface area contributed by atoms with Crippen LogP contribution in [0.1, 0.15) is 30.9 Å². The first kappa shape index (κ1) is 14.9. The lowest BCUT2D eigenvalue weighted by Crippen LogP contribution is -2.50. The number of aromatic hydroxyl groups is 1. The van der Waals surface area contributed by atoms with Crippen molar-refractivity contribution in [3.8, 4) is 11.5 Å². The van der Waals surface area contributed by atoms with E-state index in [1.54, 1.807) is 13.2 Å². The Balaban J connectivity index is 1.96. The van der Waals surface area contributed by atoms with E-state index in [0.717, 1.165) is 38.1 Å². The largest absolute Gasteiger partial charge is 0.504 e. The maximum atomic E-state index is 10.4. The topological polar surface area (TPSA) is 41.9 Å². The van der Waals surface area contributed by atoms with Gasteiger partial charge in [-0.15, -0.1) is 0 Å². The summed E-state index contributed by atoms with van der Waals surface area (Å²) in [5, 5.41) is 10.4. The van der Waals surface area contributed by atoms with Gasteiger partial charge in [0.05, 0.1) is 7.11 Å². The van der Waals surface area contributed by atoms with E-state index in [1.807, 2.05) is 0 Å². The molecule has 0 amide bonds. The van der Waals surface area contributed by atoms with Gasteiger partial charge in [0.25, 0.3) is 0 Å². The molecule has 1 aromatic rings. The highest BCUT2D eigenvalue weighted by atomic mass is 16.5. The fraction of sp³-hybridized carbons (Fsp3) is 0.579. The number of phenols is 1. The summed E-state index contributed by atoms with van der Waals surface area (Å²) < 4.78 is 12.0. The molecule has 3 atom stereocenters. The van der Waals surface area contributed by atoms with Gasteiger partial charge in [0, 0.05) is 17.5 Å². The minimum absolute atomic E-state index is 0.0990. The van der Waals surface area contributed by atoms with E-state index >= 15 is 0 Å². The average molecular weight is 315 g/mol. The molecule has 23 heavy (non-hydrogen) atoms.